The van der Waals surface area contributed by atoms with Crippen molar-refractivity contribution in [1.29, 1.82) is 0 Å². The molecule has 0 spiro atoms. The first-order valence-corrected chi connectivity index (χ1v) is 3.70. The molecule has 0 aromatic heterocycles. The molecule has 1 fully saturated rings. The highest BCUT2D eigenvalue weighted by molar-refractivity contribution is 4.77. The van der Waals surface area contributed by atoms with Crippen molar-refractivity contribution in [2.75, 3.05) is 13.6 Å². The molecule has 0 radical (unpaired) electrons. The maximum Gasteiger partial charge on any atom is 0.0572 e. The third-order valence-electron chi connectivity index (χ3n) is 2.26. The summed E-state index contributed by atoms with van der Waals surface area (Å²) < 4.78 is 0. The summed E-state index contributed by atoms with van der Waals surface area (Å²) in [6, 6.07) is 0. The minimum absolute atomic E-state index is 0.329. The molecular formula is C7H16N2. The Labute approximate surface area is 57.0 Å². The van der Waals surface area contributed by atoms with Gasteiger partial charge in [0.05, 0.1) is 6.17 Å². The van der Waals surface area contributed by atoms with E-state index in [1.54, 1.807) is 0 Å². The van der Waals surface area contributed by atoms with Crippen LogP contribution in [0.4, 0.5) is 0 Å². The van der Waals surface area contributed by atoms with Crippen LogP contribution in [0.2, 0.25) is 0 Å². The van der Waals surface area contributed by atoms with Gasteiger partial charge in [-0.15, -0.1) is 0 Å². The van der Waals surface area contributed by atoms with Gasteiger partial charge in [-0.3, -0.25) is 4.90 Å². The molecule has 2 nitrogen and oxygen atoms in total. The SMILES string of the molecule is CC[C@H]1C[C@@H](N)N(C)C1. The van der Waals surface area contributed by atoms with Gasteiger partial charge in [0.25, 0.3) is 0 Å². The summed E-state index contributed by atoms with van der Waals surface area (Å²) in [6.45, 7) is 3.42. The number of hydrogen-bond donors (Lipinski definition) is 1. The zero-order valence-electron chi connectivity index (χ0n) is 6.30. The Morgan fingerprint density at radius 2 is 2.33 bits per heavy atom. The molecule has 0 saturated carbocycles. The van der Waals surface area contributed by atoms with Gasteiger partial charge in [0.1, 0.15) is 0 Å². The third-order valence-corrected chi connectivity index (χ3v) is 2.26. The zero-order valence-corrected chi connectivity index (χ0v) is 6.30. The van der Waals surface area contributed by atoms with E-state index >= 15 is 0 Å². The molecule has 1 heterocycles. The molecular weight excluding hydrogens is 112 g/mol. The molecule has 1 aliphatic rings. The first kappa shape index (κ1) is 7.03. The van der Waals surface area contributed by atoms with Gasteiger partial charge in [0.2, 0.25) is 0 Å². The molecule has 0 aromatic carbocycles. The van der Waals surface area contributed by atoms with E-state index in [2.05, 4.69) is 18.9 Å². The van der Waals surface area contributed by atoms with Crippen LogP contribution in [0.25, 0.3) is 0 Å². The van der Waals surface area contributed by atoms with E-state index in [4.69, 9.17) is 5.73 Å². The van der Waals surface area contributed by atoms with Gasteiger partial charge >= 0.3 is 0 Å². The largest absolute Gasteiger partial charge is 0.316 e. The highest BCUT2D eigenvalue weighted by Crippen LogP contribution is 2.20. The van der Waals surface area contributed by atoms with E-state index in [-0.39, 0.29) is 0 Å². The molecule has 2 heteroatoms. The molecule has 0 aromatic rings. The Hall–Kier alpha value is -0.0800. The van der Waals surface area contributed by atoms with Gasteiger partial charge in [-0.1, -0.05) is 13.3 Å². The van der Waals surface area contributed by atoms with E-state index in [0.29, 0.717) is 6.17 Å². The van der Waals surface area contributed by atoms with Gasteiger partial charge in [-0.25, -0.2) is 0 Å². The quantitative estimate of drug-likeness (QED) is 0.561. The Morgan fingerprint density at radius 3 is 2.56 bits per heavy atom. The molecule has 1 aliphatic heterocycles. The van der Waals surface area contributed by atoms with Gasteiger partial charge in [0, 0.05) is 6.54 Å². The molecule has 1 saturated heterocycles. The summed E-state index contributed by atoms with van der Waals surface area (Å²) in [5.74, 6) is 0.852. The lowest BCUT2D eigenvalue weighted by atomic mass is 10.1. The van der Waals surface area contributed by atoms with Gasteiger partial charge in [-0.2, -0.15) is 0 Å². The number of nitrogens with two attached hydrogens (primary N) is 1. The molecule has 0 amide bonds. The van der Waals surface area contributed by atoms with Crippen molar-refractivity contribution in [3.05, 3.63) is 0 Å². The van der Waals surface area contributed by atoms with Crippen molar-refractivity contribution in [3.8, 4) is 0 Å². The molecule has 0 aliphatic carbocycles. The number of rotatable bonds is 1. The minimum atomic E-state index is 0.329. The second-order valence-electron chi connectivity index (χ2n) is 3.02. The van der Waals surface area contributed by atoms with Crippen molar-refractivity contribution in [3.63, 3.8) is 0 Å². The van der Waals surface area contributed by atoms with Crippen LogP contribution in [-0.2, 0) is 0 Å². The van der Waals surface area contributed by atoms with Crippen LogP contribution < -0.4 is 5.73 Å². The lowest BCUT2D eigenvalue weighted by Gasteiger charge is -2.12. The zero-order chi connectivity index (χ0) is 6.85. The highest BCUT2D eigenvalue weighted by atomic mass is 15.2. The Morgan fingerprint density at radius 1 is 1.67 bits per heavy atom. The first-order valence-electron chi connectivity index (χ1n) is 3.70. The monoisotopic (exact) mass is 128 g/mol. The summed E-state index contributed by atoms with van der Waals surface area (Å²) >= 11 is 0. The summed E-state index contributed by atoms with van der Waals surface area (Å²) in [4.78, 5) is 2.23. The fraction of sp³-hybridized carbons (Fsp3) is 1.00. The highest BCUT2D eigenvalue weighted by Gasteiger charge is 2.24. The standard InChI is InChI=1S/C7H16N2/c1-3-6-4-7(8)9(2)5-6/h6-7H,3-5,8H2,1-2H3/t6-,7-/m0/s1. The predicted molar refractivity (Wildman–Crippen MR) is 39.0 cm³/mol. The molecule has 2 N–H and O–H groups in total. The van der Waals surface area contributed by atoms with Crippen LogP contribution in [0.1, 0.15) is 19.8 Å². The Bertz CT molecular complexity index is 82.9. The van der Waals surface area contributed by atoms with Crippen LogP contribution in [-0.4, -0.2) is 24.7 Å². The number of hydrogen-bond acceptors (Lipinski definition) is 2. The summed E-state index contributed by atoms with van der Waals surface area (Å²) in [7, 11) is 2.10. The molecule has 2 atom stereocenters. The molecule has 1 rings (SSSR count). The van der Waals surface area contributed by atoms with Crippen molar-refractivity contribution in [2.24, 2.45) is 11.7 Å². The fourth-order valence-corrected chi connectivity index (χ4v) is 1.43. The smallest absolute Gasteiger partial charge is 0.0572 e. The normalized spacial score (nSPS) is 37.7. The van der Waals surface area contributed by atoms with Crippen LogP contribution in [0, 0.1) is 5.92 Å². The molecule has 9 heavy (non-hydrogen) atoms. The van der Waals surface area contributed by atoms with E-state index in [1.807, 2.05) is 0 Å². The predicted octanol–water partition coefficient (Wildman–Crippen LogP) is 0.633. The number of likely N-dealkylation sites (tertiary alicyclic amines) is 1. The van der Waals surface area contributed by atoms with Crippen molar-refractivity contribution in [2.45, 2.75) is 25.9 Å². The van der Waals surface area contributed by atoms with Crippen LogP contribution in [0.5, 0.6) is 0 Å². The Kier molecular flexibility index (Phi) is 2.09. The second kappa shape index (κ2) is 2.67. The summed E-state index contributed by atoms with van der Waals surface area (Å²) in [6.07, 6.45) is 2.79. The van der Waals surface area contributed by atoms with Crippen molar-refractivity contribution in [1.82, 2.24) is 4.90 Å². The second-order valence-corrected chi connectivity index (χ2v) is 3.02. The van der Waals surface area contributed by atoms with E-state index < -0.39 is 0 Å². The Balaban J connectivity index is 2.35. The summed E-state index contributed by atoms with van der Waals surface area (Å²) in [5.41, 5.74) is 5.77. The lowest BCUT2D eigenvalue weighted by molar-refractivity contribution is 0.313. The molecule has 0 unspecified atom stereocenters. The van der Waals surface area contributed by atoms with E-state index in [9.17, 15) is 0 Å². The topological polar surface area (TPSA) is 29.3 Å². The molecule has 54 valence electrons. The molecule has 0 bridgehead atoms. The van der Waals surface area contributed by atoms with Crippen molar-refractivity contribution >= 4 is 0 Å². The fourth-order valence-electron chi connectivity index (χ4n) is 1.43. The number of nitrogens with zero attached hydrogens (tertiary/aromatic N) is 1. The van der Waals surface area contributed by atoms with Gasteiger partial charge in [0.15, 0.2) is 0 Å². The lowest BCUT2D eigenvalue weighted by Crippen LogP contribution is -2.32. The van der Waals surface area contributed by atoms with Gasteiger partial charge in [-0.05, 0) is 19.4 Å². The van der Waals surface area contributed by atoms with Crippen LogP contribution in [0.15, 0.2) is 0 Å². The maximum atomic E-state index is 5.77. The van der Waals surface area contributed by atoms with E-state index in [0.717, 1.165) is 5.92 Å². The van der Waals surface area contributed by atoms with Crippen molar-refractivity contribution < 1.29 is 0 Å². The minimum Gasteiger partial charge on any atom is -0.316 e. The average molecular weight is 128 g/mol. The van der Waals surface area contributed by atoms with Gasteiger partial charge < -0.3 is 5.73 Å². The average Bonchev–Trinajstić information content (AvgIpc) is 2.13. The first-order chi connectivity index (χ1) is 4.24. The maximum absolute atomic E-state index is 5.77. The summed E-state index contributed by atoms with van der Waals surface area (Å²) in [5, 5.41) is 0. The van der Waals surface area contributed by atoms with Crippen LogP contribution >= 0.6 is 0 Å². The van der Waals surface area contributed by atoms with Crippen LogP contribution in [0.3, 0.4) is 0 Å². The third kappa shape index (κ3) is 1.43. The van der Waals surface area contributed by atoms with E-state index in [1.165, 1.54) is 19.4 Å².